The Bertz CT molecular complexity index is 1070. The highest BCUT2D eigenvalue weighted by atomic mass is 32.2. The largest absolute Gasteiger partial charge is 0.463 e. The van der Waals surface area contributed by atoms with Crippen molar-refractivity contribution >= 4 is 46.4 Å². The van der Waals surface area contributed by atoms with E-state index in [1.54, 1.807) is 0 Å². The summed E-state index contributed by atoms with van der Waals surface area (Å²) in [5, 5.41) is 2.05. The van der Waals surface area contributed by atoms with Crippen LogP contribution >= 0.6 is 11.8 Å². The van der Waals surface area contributed by atoms with Crippen molar-refractivity contribution in [3.8, 4) is 0 Å². The third kappa shape index (κ3) is 6.71. The quantitative estimate of drug-likeness (QED) is 0.424. The molecule has 0 unspecified atom stereocenters. The Labute approximate surface area is 201 Å². The zero-order chi connectivity index (χ0) is 24.8. The monoisotopic (exact) mass is 490 g/mol. The maximum absolute atomic E-state index is 11.9. The molecule has 1 fully saturated rings. The first-order chi connectivity index (χ1) is 16.1. The summed E-state index contributed by atoms with van der Waals surface area (Å²) in [6.07, 6.45) is -4.42. The molecule has 0 amide bonds. The van der Waals surface area contributed by atoms with E-state index in [-0.39, 0.29) is 6.61 Å². The lowest BCUT2D eigenvalue weighted by molar-refractivity contribution is -0.237. The fourth-order valence-corrected chi connectivity index (χ4v) is 4.81. The second-order valence-electron chi connectivity index (χ2n) is 7.69. The molecular formula is C24H26O9S. The zero-order valence-corrected chi connectivity index (χ0v) is 20.0. The number of esters is 4. The first kappa shape index (κ1) is 25.5. The lowest BCUT2D eigenvalue weighted by Crippen LogP contribution is -2.61. The topological polar surface area (TPSA) is 114 Å². The highest BCUT2D eigenvalue weighted by Crippen LogP contribution is 2.38. The maximum atomic E-state index is 11.9. The van der Waals surface area contributed by atoms with E-state index < -0.39 is 53.7 Å². The Balaban J connectivity index is 1.98. The molecule has 182 valence electrons. The standard InChI is InChI=1S/C24H26O9S/c1-13(25)29-12-20-21(30-14(2)26)22(31-15(3)27)23(32-16(4)28)24(33-20)34-19-10-9-17-7-5-6-8-18(17)11-19/h5-11,20-24H,12H2,1-4H3/t20-,21-,22+,23+,24+/m1/s1. The van der Waals surface area contributed by atoms with Gasteiger partial charge in [-0.3, -0.25) is 19.2 Å². The Morgan fingerprint density at radius 1 is 0.765 bits per heavy atom. The van der Waals surface area contributed by atoms with Gasteiger partial charge < -0.3 is 23.7 Å². The van der Waals surface area contributed by atoms with Crippen molar-refractivity contribution in [1.82, 2.24) is 0 Å². The van der Waals surface area contributed by atoms with Gasteiger partial charge in [-0.25, -0.2) is 0 Å². The van der Waals surface area contributed by atoms with Crippen molar-refractivity contribution in [2.45, 2.75) is 62.4 Å². The molecule has 0 saturated carbocycles. The van der Waals surface area contributed by atoms with Crippen LogP contribution < -0.4 is 0 Å². The molecule has 2 aromatic rings. The first-order valence-electron chi connectivity index (χ1n) is 10.6. The van der Waals surface area contributed by atoms with Gasteiger partial charge in [-0.05, 0) is 22.9 Å². The Morgan fingerprint density at radius 2 is 1.35 bits per heavy atom. The highest BCUT2D eigenvalue weighted by Gasteiger charge is 2.52. The van der Waals surface area contributed by atoms with Crippen molar-refractivity contribution in [3.63, 3.8) is 0 Å². The first-order valence-corrected chi connectivity index (χ1v) is 11.5. The average Bonchev–Trinajstić information content (AvgIpc) is 2.75. The molecule has 0 bridgehead atoms. The van der Waals surface area contributed by atoms with Crippen molar-refractivity contribution < 1.29 is 42.9 Å². The van der Waals surface area contributed by atoms with Crippen LogP contribution in [0.3, 0.4) is 0 Å². The van der Waals surface area contributed by atoms with Crippen LogP contribution in [0.15, 0.2) is 47.4 Å². The average molecular weight is 491 g/mol. The van der Waals surface area contributed by atoms with Gasteiger partial charge in [0.1, 0.15) is 18.1 Å². The molecule has 0 aromatic heterocycles. The third-order valence-corrected chi connectivity index (χ3v) is 6.06. The third-order valence-electron chi connectivity index (χ3n) is 4.92. The van der Waals surface area contributed by atoms with Crippen LogP contribution in [0.2, 0.25) is 0 Å². The Hall–Kier alpha value is -3.11. The van der Waals surface area contributed by atoms with Crippen molar-refractivity contribution in [1.29, 1.82) is 0 Å². The molecule has 34 heavy (non-hydrogen) atoms. The second-order valence-corrected chi connectivity index (χ2v) is 8.87. The van der Waals surface area contributed by atoms with E-state index in [0.29, 0.717) is 0 Å². The molecule has 0 N–H and O–H groups in total. The highest BCUT2D eigenvalue weighted by molar-refractivity contribution is 7.99. The molecule has 5 atom stereocenters. The van der Waals surface area contributed by atoms with Crippen LogP contribution in [-0.4, -0.2) is 60.3 Å². The summed E-state index contributed by atoms with van der Waals surface area (Å²) in [5.41, 5.74) is -0.859. The van der Waals surface area contributed by atoms with E-state index in [2.05, 4.69) is 0 Å². The van der Waals surface area contributed by atoms with E-state index in [0.717, 1.165) is 15.7 Å². The summed E-state index contributed by atoms with van der Waals surface area (Å²) in [6, 6.07) is 13.6. The number of hydrogen-bond donors (Lipinski definition) is 0. The molecule has 3 rings (SSSR count). The van der Waals surface area contributed by atoms with Gasteiger partial charge in [0.2, 0.25) is 0 Å². The minimum Gasteiger partial charge on any atom is -0.463 e. The molecule has 0 radical (unpaired) electrons. The number of hydrogen-bond acceptors (Lipinski definition) is 10. The Morgan fingerprint density at radius 3 is 1.97 bits per heavy atom. The van der Waals surface area contributed by atoms with Gasteiger partial charge in [0.15, 0.2) is 18.3 Å². The van der Waals surface area contributed by atoms with Crippen LogP contribution in [0, 0.1) is 0 Å². The van der Waals surface area contributed by atoms with Gasteiger partial charge in [0.25, 0.3) is 0 Å². The molecule has 1 saturated heterocycles. The number of carbonyl (C=O) groups excluding carboxylic acids is 4. The zero-order valence-electron chi connectivity index (χ0n) is 19.2. The second kappa shape index (κ2) is 11.3. The van der Waals surface area contributed by atoms with Crippen molar-refractivity contribution in [2.75, 3.05) is 6.61 Å². The predicted octanol–water partition coefficient (Wildman–Crippen LogP) is 3.02. The summed E-state index contributed by atoms with van der Waals surface area (Å²) in [4.78, 5) is 47.9. The van der Waals surface area contributed by atoms with Crippen molar-refractivity contribution in [3.05, 3.63) is 42.5 Å². The van der Waals surface area contributed by atoms with E-state index in [4.69, 9.17) is 23.7 Å². The number of thioether (sulfide) groups is 1. The van der Waals surface area contributed by atoms with Gasteiger partial charge in [-0.15, -0.1) is 0 Å². The Kier molecular flexibility index (Phi) is 8.51. The van der Waals surface area contributed by atoms with Gasteiger partial charge in [-0.2, -0.15) is 0 Å². The minimum absolute atomic E-state index is 0.257. The summed E-state index contributed by atoms with van der Waals surface area (Å²) in [6.45, 7) is 4.57. The molecule has 1 aliphatic heterocycles. The van der Waals surface area contributed by atoms with Gasteiger partial charge in [0.05, 0.1) is 0 Å². The van der Waals surface area contributed by atoms with E-state index in [9.17, 15) is 19.2 Å². The lowest BCUT2D eigenvalue weighted by Gasteiger charge is -2.44. The fraction of sp³-hybridized carbons (Fsp3) is 0.417. The van der Waals surface area contributed by atoms with Crippen molar-refractivity contribution in [2.24, 2.45) is 0 Å². The summed E-state index contributed by atoms with van der Waals surface area (Å²) in [5.74, 6) is -2.52. The fourth-order valence-electron chi connectivity index (χ4n) is 3.66. The summed E-state index contributed by atoms with van der Waals surface area (Å²) < 4.78 is 27.6. The van der Waals surface area contributed by atoms with Crippen LogP contribution in [0.1, 0.15) is 27.7 Å². The molecule has 0 aliphatic carbocycles. The summed E-state index contributed by atoms with van der Waals surface area (Å²) >= 11 is 1.25. The number of benzene rings is 2. The van der Waals surface area contributed by atoms with Gasteiger partial charge in [0, 0.05) is 32.6 Å². The minimum atomic E-state index is -1.18. The molecule has 10 heteroatoms. The molecule has 2 aromatic carbocycles. The SMILES string of the molecule is CC(=O)OC[C@H]1O[C@@H](Sc2ccc3ccccc3c2)[C@@H](OC(C)=O)[C@@H](OC(C)=O)[C@@H]1OC(C)=O. The van der Waals surface area contributed by atoms with Crippen LogP contribution in [0.5, 0.6) is 0 Å². The van der Waals surface area contributed by atoms with Gasteiger partial charge in [-0.1, -0.05) is 42.1 Å². The number of ether oxygens (including phenoxy) is 5. The van der Waals surface area contributed by atoms with Gasteiger partial charge >= 0.3 is 23.9 Å². The molecule has 1 heterocycles. The van der Waals surface area contributed by atoms with E-state index >= 15 is 0 Å². The van der Waals surface area contributed by atoms with Crippen LogP contribution in [0.25, 0.3) is 10.8 Å². The molecule has 0 spiro atoms. The van der Waals surface area contributed by atoms with Crippen LogP contribution in [0.4, 0.5) is 0 Å². The smallest absolute Gasteiger partial charge is 0.303 e. The van der Waals surface area contributed by atoms with Crippen LogP contribution in [-0.2, 0) is 42.9 Å². The van der Waals surface area contributed by atoms with E-state index in [1.165, 1.54) is 39.5 Å². The molecular weight excluding hydrogens is 464 g/mol. The summed E-state index contributed by atoms with van der Waals surface area (Å²) in [7, 11) is 0. The lowest BCUT2D eigenvalue weighted by atomic mass is 9.99. The number of rotatable bonds is 7. The molecule has 9 nitrogen and oxygen atoms in total. The normalized spacial score (nSPS) is 24.2. The number of carbonyl (C=O) groups is 4. The maximum Gasteiger partial charge on any atom is 0.303 e. The predicted molar refractivity (Wildman–Crippen MR) is 122 cm³/mol. The number of fused-ring (bicyclic) bond motifs is 1. The molecule has 1 aliphatic rings. The van der Waals surface area contributed by atoms with E-state index in [1.807, 2.05) is 42.5 Å².